The molecule has 2 N–H and O–H groups in total. The molecule has 1 amide bonds. The van der Waals surface area contributed by atoms with Crippen LogP contribution in [0.4, 0.5) is 13.6 Å². The molecule has 0 aromatic heterocycles. The maximum atomic E-state index is 12.8. The molecule has 0 unspecified atom stereocenters. The lowest BCUT2D eigenvalue weighted by Crippen LogP contribution is -2.33. The molecule has 0 aliphatic rings. The molecule has 1 aromatic rings. The molecular weight excluding hydrogens is 218 g/mol. The third-order valence-electron chi connectivity index (χ3n) is 1.87. The zero-order valence-corrected chi connectivity index (χ0v) is 8.74. The van der Waals surface area contributed by atoms with Gasteiger partial charge in [0.05, 0.1) is 0 Å². The van der Waals surface area contributed by atoms with E-state index < -0.39 is 17.7 Å². The highest BCUT2D eigenvalue weighted by Gasteiger charge is 2.11. The summed E-state index contributed by atoms with van der Waals surface area (Å²) < 4.78 is 30.1. The summed E-state index contributed by atoms with van der Waals surface area (Å²) in [6.07, 6.45) is -0.670. The predicted octanol–water partition coefficient (Wildman–Crippen LogP) is 1.35. The smallest absolute Gasteiger partial charge is 0.410 e. The molecule has 0 fully saturated rings. The molecule has 6 heteroatoms. The van der Waals surface area contributed by atoms with Gasteiger partial charge < -0.3 is 15.4 Å². The largest absolute Gasteiger partial charge is 0.415 e. The molecule has 0 bridgehead atoms. The number of likely N-dealkylation sites (N-methyl/N-ethyl adjacent to an activating group) is 1. The molecule has 0 radical (unpaired) electrons. The number of halogens is 2. The quantitative estimate of drug-likeness (QED) is 0.852. The van der Waals surface area contributed by atoms with E-state index in [1.54, 1.807) is 0 Å². The minimum absolute atomic E-state index is 0.0484. The van der Waals surface area contributed by atoms with E-state index in [1.165, 1.54) is 18.0 Å². The maximum Gasteiger partial charge on any atom is 0.415 e. The van der Waals surface area contributed by atoms with Crippen LogP contribution >= 0.6 is 0 Å². The van der Waals surface area contributed by atoms with Gasteiger partial charge in [-0.2, -0.15) is 0 Å². The van der Waals surface area contributed by atoms with Crippen molar-refractivity contribution in [3.05, 3.63) is 29.8 Å². The lowest BCUT2D eigenvalue weighted by Gasteiger charge is -2.15. The van der Waals surface area contributed by atoms with Crippen LogP contribution in [0.2, 0.25) is 0 Å². The van der Waals surface area contributed by atoms with Crippen molar-refractivity contribution in [3.63, 3.8) is 0 Å². The summed E-state index contributed by atoms with van der Waals surface area (Å²) in [7, 11) is 1.50. The summed E-state index contributed by atoms with van der Waals surface area (Å²) in [6, 6.07) is 2.87. The lowest BCUT2D eigenvalue weighted by molar-refractivity contribution is 0.164. The predicted molar refractivity (Wildman–Crippen MR) is 54.1 cm³/mol. The highest BCUT2D eigenvalue weighted by atomic mass is 19.2. The molecule has 4 nitrogen and oxygen atoms in total. The van der Waals surface area contributed by atoms with Gasteiger partial charge in [0, 0.05) is 26.2 Å². The molecule has 88 valence electrons. The van der Waals surface area contributed by atoms with Gasteiger partial charge in [-0.15, -0.1) is 0 Å². The fourth-order valence-electron chi connectivity index (χ4n) is 1.00. The summed E-state index contributed by atoms with van der Waals surface area (Å²) in [5, 5.41) is 0. The standard InChI is InChI=1S/C10H12F2N2O2/c1-14(5-4-13)10(15)16-7-2-3-8(11)9(12)6-7/h2-3,6H,4-5,13H2,1H3. The van der Waals surface area contributed by atoms with E-state index >= 15 is 0 Å². The van der Waals surface area contributed by atoms with E-state index in [9.17, 15) is 13.6 Å². The first-order chi connectivity index (χ1) is 7.54. The van der Waals surface area contributed by atoms with Crippen LogP contribution in [0.3, 0.4) is 0 Å². The number of nitrogens with zero attached hydrogens (tertiary/aromatic N) is 1. The molecule has 0 spiro atoms. The number of benzene rings is 1. The number of hydrogen-bond acceptors (Lipinski definition) is 3. The van der Waals surface area contributed by atoms with E-state index in [0.717, 1.165) is 12.1 Å². The average molecular weight is 230 g/mol. The van der Waals surface area contributed by atoms with Crippen LogP contribution in [0.25, 0.3) is 0 Å². The first-order valence-corrected chi connectivity index (χ1v) is 4.62. The molecule has 1 aromatic carbocycles. The van der Waals surface area contributed by atoms with Gasteiger partial charge in [0.15, 0.2) is 11.6 Å². The van der Waals surface area contributed by atoms with Crippen LogP contribution in [-0.2, 0) is 0 Å². The van der Waals surface area contributed by atoms with E-state index in [0.29, 0.717) is 13.1 Å². The molecule has 0 heterocycles. The third kappa shape index (κ3) is 3.16. The lowest BCUT2D eigenvalue weighted by atomic mass is 10.3. The highest BCUT2D eigenvalue weighted by molar-refractivity contribution is 5.70. The van der Waals surface area contributed by atoms with Crippen molar-refractivity contribution in [2.45, 2.75) is 0 Å². The molecule has 1 rings (SSSR count). The van der Waals surface area contributed by atoms with Gasteiger partial charge in [0.1, 0.15) is 5.75 Å². The van der Waals surface area contributed by atoms with Crippen molar-refractivity contribution in [1.29, 1.82) is 0 Å². The minimum Gasteiger partial charge on any atom is -0.410 e. The van der Waals surface area contributed by atoms with Crippen LogP contribution in [0.1, 0.15) is 0 Å². The second-order valence-electron chi connectivity index (χ2n) is 3.15. The van der Waals surface area contributed by atoms with E-state index in [1.807, 2.05) is 0 Å². The summed E-state index contributed by atoms with van der Waals surface area (Å²) in [6.45, 7) is 0.617. The van der Waals surface area contributed by atoms with Crippen molar-refractivity contribution < 1.29 is 18.3 Å². The minimum atomic E-state index is -1.06. The second-order valence-corrected chi connectivity index (χ2v) is 3.15. The Labute approximate surface area is 91.6 Å². The average Bonchev–Trinajstić information content (AvgIpc) is 2.24. The van der Waals surface area contributed by atoms with Gasteiger partial charge in [-0.3, -0.25) is 0 Å². The third-order valence-corrected chi connectivity index (χ3v) is 1.87. The normalized spacial score (nSPS) is 10.0. The maximum absolute atomic E-state index is 12.8. The Kier molecular flexibility index (Phi) is 4.19. The molecule has 16 heavy (non-hydrogen) atoms. The zero-order valence-electron chi connectivity index (χ0n) is 8.74. The Hall–Kier alpha value is -1.69. The van der Waals surface area contributed by atoms with Crippen molar-refractivity contribution in [1.82, 2.24) is 4.90 Å². The highest BCUT2D eigenvalue weighted by Crippen LogP contribution is 2.15. The number of rotatable bonds is 3. The summed E-state index contributed by atoms with van der Waals surface area (Å²) in [5.41, 5.74) is 5.25. The first-order valence-electron chi connectivity index (χ1n) is 4.62. The van der Waals surface area contributed by atoms with Crippen LogP contribution in [0.5, 0.6) is 5.75 Å². The van der Waals surface area contributed by atoms with Gasteiger partial charge in [-0.25, -0.2) is 13.6 Å². The zero-order chi connectivity index (χ0) is 12.1. The molecule has 0 aliphatic carbocycles. The Balaban J connectivity index is 2.66. The van der Waals surface area contributed by atoms with Crippen molar-refractivity contribution in [3.8, 4) is 5.75 Å². The topological polar surface area (TPSA) is 55.6 Å². The number of ether oxygens (including phenoxy) is 1. The number of hydrogen-bond donors (Lipinski definition) is 1. The van der Waals surface area contributed by atoms with Crippen LogP contribution < -0.4 is 10.5 Å². The van der Waals surface area contributed by atoms with Gasteiger partial charge in [0.25, 0.3) is 0 Å². The first kappa shape index (κ1) is 12.4. The summed E-state index contributed by atoms with van der Waals surface area (Å²) in [4.78, 5) is 12.6. The van der Waals surface area contributed by atoms with E-state index in [4.69, 9.17) is 10.5 Å². The Morgan fingerprint density at radius 3 is 2.69 bits per heavy atom. The van der Waals surface area contributed by atoms with Crippen LogP contribution in [0.15, 0.2) is 18.2 Å². The number of nitrogens with two attached hydrogens (primary N) is 1. The van der Waals surface area contributed by atoms with E-state index in [-0.39, 0.29) is 5.75 Å². The summed E-state index contributed by atoms with van der Waals surface area (Å²) >= 11 is 0. The number of carbonyl (C=O) groups is 1. The number of amides is 1. The van der Waals surface area contributed by atoms with Gasteiger partial charge in [-0.1, -0.05) is 0 Å². The fourth-order valence-corrected chi connectivity index (χ4v) is 1.00. The Bertz CT molecular complexity index is 385. The fraction of sp³-hybridized carbons (Fsp3) is 0.300. The van der Waals surface area contributed by atoms with Gasteiger partial charge in [0.2, 0.25) is 0 Å². The number of carbonyl (C=O) groups excluding carboxylic acids is 1. The molecular formula is C10H12F2N2O2. The van der Waals surface area contributed by atoms with Gasteiger partial charge in [-0.05, 0) is 12.1 Å². The molecule has 0 atom stereocenters. The molecule has 0 saturated carbocycles. The summed E-state index contributed by atoms with van der Waals surface area (Å²) in [5.74, 6) is -2.10. The monoisotopic (exact) mass is 230 g/mol. The van der Waals surface area contributed by atoms with E-state index in [2.05, 4.69) is 0 Å². The molecule has 0 saturated heterocycles. The Morgan fingerprint density at radius 2 is 2.12 bits per heavy atom. The Morgan fingerprint density at radius 1 is 1.44 bits per heavy atom. The van der Waals surface area contributed by atoms with Crippen molar-refractivity contribution in [2.75, 3.05) is 20.1 Å². The molecule has 0 aliphatic heterocycles. The van der Waals surface area contributed by atoms with Crippen LogP contribution in [-0.4, -0.2) is 31.1 Å². The second kappa shape index (κ2) is 5.41. The van der Waals surface area contributed by atoms with Crippen LogP contribution in [0, 0.1) is 11.6 Å². The van der Waals surface area contributed by atoms with Gasteiger partial charge >= 0.3 is 6.09 Å². The van der Waals surface area contributed by atoms with Crippen molar-refractivity contribution in [2.24, 2.45) is 5.73 Å². The van der Waals surface area contributed by atoms with Crippen molar-refractivity contribution >= 4 is 6.09 Å². The SMILES string of the molecule is CN(CCN)C(=O)Oc1ccc(F)c(F)c1.